The number of nitrogens with zero attached hydrogens (tertiary/aromatic N) is 2. The summed E-state index contributed by atoms with van der Waals surface area (Å²) in [6, 6.07) is -0.00421. The first-order valence-corrected chi connectivity index (χ1v) is 7.90. The van der Waals surface area contributed by atoms with Gasteiger partial charge in [0.05, 0.1) is 10.9 Å². The lowest BCUT2D eigenvalue weighted by Crippen LogP contribution is -2.32. The normalized spacial score (nSPS) is 21.8. The smallest absolute Gasteiger partial charge is 0.315 e. The van der Waals surface area contributed by atoms with E-state index in [1.807, 2.05) is 7.05 Å². The summed E-state index contributed by atoms with van der Waals surface area (Å²) in [5, 5.41) is 3.35. The van der Waals surface area contributed by atoms with Gasteiger partial charge in [-0.2, -0.15) is 24.9 Å². The zero-order valence-corrected chi connectivity index (χ0v) is 12.4. The Morgan fingerprint density at radius 2 is 2.21 bits per heavy atom. The molecule has 2 rings (SSSR count). The molecule has 1 unspecified atom stereocenters. The molecule has 0 radical (unpaired) electrons. The minimum absolute atomic E-state index is 0.00421. The maximum atomic E-state index is 12.9. The molecule has 1 fully saturated rings. The van der Waals surface area contributed by atoms with E-state index < -0.39 is 11.9 Å². The molecule has 0 aliphatic carbocycles. The fourth-order valence-electron chi connectivity index (χ4n) is 1.96. The fraction of sp³-hybridized carbons (Fsp3) is 0.727. The van der Waals surface area contributed by atoms with Gasteiger partial charge >= 0.3 is 6.18 Å². The first-order valence-electron chi connectivity index (χ1n) is 5.93. The van der Waals surface area contributed by atoms with Gasteiger partial charge in [0.2, 0.25) is 0 Å². The number of nitrogens with one attached hydrogen (secondary N) is 1. The van der Waals surface area contributed by atoms with Crippen LogP contribution in [0.5, 0.6) is 0 Å². The van der Waals surface area contributed by atoms with Gasteiger partial charge < -0.3 is 5.32 Å². The van der Waals surface area contributed by atoms with Crippen LogP contribution in [-0.4, -0.2) is 42.0 Å². The minimum atomic E-state index is -4.37. The summed E-state index contributed by atoms with van der Waals surface area (Å²) in [6.07, 6.45) is -4.37. The van der Waals surface area contributed by atoms with Gasteiger partial charge in [-0.3, -0.25) is 4.90 Å². The molecular formula is C11H16F3N3S2. The zero-order valence-electron chi connectivity index (χ0n) is 10.8. The molecule has 0 aromatic carbocycles. The van der Waals surface area contributed by atoms with E-state index in [9.17, 15) is 13.2 Å². The summed E-state index contributed by atoms with van der Waals surface area (Å²) >= 11 is 2.94. The average molecular weight is 311 g/mol. The Morgan fingerprint density at radius 3 is 2.79 bits per heavy atom. The molecule has 0 spiro atoms. The summed E-state index contributed by atoms with van der Waals surface area (Å²) in [5.74, 6) is 1.83. The van der Waals surface area contributed by atoms with Crippen LogP contribution < -0.4 is 5.32 Å². The highest BCUT2D eigenvalue weighted by atomic mass is 32.2. The van der Waals surface area contributed by atoms with Crippen molar-refractivity contribution in [1.29, 1.82) is 0 Å². The Kier molecular flexibility index (Phi) is 4.75. The number of alkyl halides is 3. The van der Waals surface area contributed by atoms with Crippen molar-refractivity contribution in [2.45, 2.75) is 18.8 Å². The number of hydrogen-bond donors (Lipinski definition) is 1. The van der Waals surface area contributed by atoms with Gasteiger partial charge in [-0.1, -0.05) is 0 Å². The van der Waals surface area contributed by atoms with Gasteiger partial charge in [0.15, 0.2) is 5.69 Å². The third-order valence-corrected chi connectivity index (χ3v) is 5.18. The summed E-state index contributed by atoms with van der Waals surface area (Å²) in [7, 11) is 3.58. The molecule has 1 N–H and O–H groups in total. The number of halogens is 3. The van der Waals surface area contributed by atoms with Crippen molar-refractivity contribution in [3.63, 3.8) is 0 Å². The zero-order chi connectivity index (χ0) is 14.0. The maximum Gasteiger partial charge on any atom is 0.434 e. The standard InChI is InChI=1S/C11H16F3N3S2/c1-15-5-8-9(11(12,13)14)16-10(19-8)7-6-18-4-3-17(7)2/h7,15H,3-6H2,1-2H3. The lowest BCUT2D eigenvalue weighted by Gasteiger charge is -2.30. The number of thioether (sulfide) groups is 1. The highest BCUT2D eigenvalue weighted by Gasteiger charge is 2.38. The predicted molar refractivity (Wildman–Crippen MR) is 72.6 cm³/mol. The molecule has 1 saturated heterocycles. The molecule has 1 aromatic heterocycles. The highest BCUT2D eigenvalue weighted by molar-refractivity contribution is 7.99. The first-order chi connectivity index (χ1) is 8.93. The fourth-order valence-corrected chi connectivity index (χ4v) is 4.55. The van der Waals surface area contributed by atoms with Crippen LogP contribution in [0.25, 0.3) is 0 Å². The lowest BCUT2D eigenvalue weighted by molar-refractivity contribution is -0.141. The van der Waals surface area contributed by atoms with Crippen LogP contribution in [0, 0.1) is 0 Å². The molecule has 0 amide bonds. The van der Waals surface area contributed by atoms with Crippen LogP contribution in [0.1, 0.15) is 21.6 Å². The monoisotopic (exact) mass is 311 g/mol. The van der Waals surface area contributed by atoms with E-state index in [4.69, 9.17) is 0 Å². The average Bonchev–Trinajstić information content (AvgIpc) is 2.74. The molecule has 1 aliphatic rings. The molecule has 0 saturated carbocycles. The molecule has 1 aliphatic heterocycles. The van der Waals surface area contributed by atoms with Crippen LogP contribution in [-0.2, 0) is 12.7 Å². The molecule has 2 heterocycles. The predicted octanol–water partition coefficient (Wildman–Crippen LogP) is 2.60. The van der Waals surface area contributed by atoms with Gasteiger partial charge in [0.1, 0.15) is 5.01 Å². The second kappa shape index (κ2) is 5.99. The lowest BCUT2D eigenvalue weighted by atomic mass is 10.3. The third-order valence-electron chi connectivity index (χ3n) is 3.00. The number of rotatable bonds is 3. The van der Waals surface area contributed by atoms with Crippen molar-refractivity contribution in [1.82, 2.24) is 15.2 Å². The molecule has 108 valence electrons. The van der Waals surface area contributed by atoms with Crippen molar-refractivity contribution in [3.8, 4) is 0 Å². The topological polar surface area (TPSA) is 28.2 Å². The Balaban J connectivity index is 2.31. The van der Waals surface area contributed by atoms with Gasteiger partial charge in [0.25, 0.3) is 0 Å². The molecule has 19 heavy (non-hydrogen) atoms. The quantitative estimate of drug-likeness (QED) is 0.929. The van der Waals surface area contributed by atoms with Crippen molar-refractivity contribution >= 4 is 23.1 Å². The molecular weight excluding hydrogens is 295 g/mol. The van der Waals surface area contributed by atoms with Crippen LogP contribution in [0.2, 0.25) is 0 Å². The van der Waals surface area contributed by atoms with Crippen LogP contribution in [0.4, 0.5) is 13.2 Å². The second-order valence-corrected chi connectivity index (χ2v) is 6.69. The van der Waals surface area contributed by atoms with Crippen molar-refractivity contribution in [3.05, 3.63) is 15.6 Å². The van der Waals surface area contributed by atoms with Gasteiger partial charge in [-0.15, -0.1) is 11.3 Å². The van der Waals surface area contributed by atoms with E-state index in [2.05, 4.69) is 15.2 Å². The van der Waals surface area contributed by atoms with E-state index in [-0.39, 0.29) is 17.5 Å². The maximum absolute atomic E-state index is 12.9. The SMILES string of the molecule is CNCc1sc(C2CSCCN2C)nc1C(F)(F)F. The molecule has 3 nitrogen and oxygen atoms in total. The van der Waals surface area contributed by atoms with Crippen molar-refractivity contribution < 1.29 is 13.2 Å². The van der Waals surface area contributed by atoms with Gasteiger partial charge in [-0.25, -0.2) is 4.98 Å². The summed E-state index contributed by atoms with van der Waals surface area (Å²) in [4.78, 5) is 6.23. The molecule has 0 bridgehead atoms. The minimum Gasteiger partial charge on any atom is -0.315 e. The molecule has 1 aromatic rings. The van der Waals surface area contributed by atoms with Crippen LogP contribution >= 0.6 is 23.1 Å². The van der Waals surface area contributed by atoms with Crippen LogP contribution in [0.3, 0.4) is 0 Å². The highest BCUT2D eigenvalue weighted by Crippen LogP contribution is 2.38. The summed E-state index contributed by atoms with van der Waals surface area (Å²) < 4.78 is 38.8. The van der Waals surface area contributed by atoms with Gasteiger partial charge in [-0.05, 0) is 14.1 Å². The molecule has 8 heteroatoms. The first kappa shape index (κ1) is 15.1. The Morgan fingerprint density at radius 1 is 1.47 bits per heavy atom. The third kappa shape index (κ3) is 3.42. The Hall–Kier alpha value is -0.310. The van der Waals surface area contributed by atoms with E-state index >= 15 is 0 Å². The molecule has 1 atom stereocenters. The number of hydrogen-bond acceptors (Lipinski definition) is 5. The van der Waals surface area contributed by atoms with Crippen molar-refractivity contribution in [2.75, 3.05) is 32.1 Å². The largest absolute Gasteiger partial charge is 0.434 e. The summed E-state index contributed by atoms with van der Waals surface area (Å²) in [6.45, 7) is 1.09. The second-order valence-electron chi connectivity index (χ2n) is 4.42. The van der Waals surface area contributed by atoms with E-state index in [1.165, 1.54) is 11.3 Å². The van der Waals surface area contributed by atoms with Gasteiger partial charge in [0, 0.05) is 24.6 Å². The Labute approximate surface area is 118 Å². The summed E-state index contributed by atoms with van der Waals surface area (Å²) in [5.41, 5.74) is -0.731. The number of thiazole rings is 1. The van der Waals surface area contributed by atoms with Crippen molar-refractivity contribution in [2.24, 2.45) is 0 Å². The van der Waals surface area contributed by atoms with E-state index in [1.54, 1.807) is 18.8 Å². The van der Waals surface area contributed by atoms with E-state index in [0.29, 0.717) is 5.01 Å². The Bertz CT molecular complexity index is 433. The van der Waals surface area contributed by atoms with E-state index in [0.717, 1.165) is 18.1 Å². The van der Waals surface area contributed by atoms with Crippen LogP contribution in [0.15, 0.2) is 0 Å². The number of aromatic nitrogens is 1.